The fourth-order valence-electron chi connectivity index (χ4n) is 2.56. The van der Waals surface area contributed by atoms with E-state index in [1.54, 1.807) is 18.2 Å². The zero-order chi connectivity index (χ0) is 15.4. The van der Waals surface area contributed by atoms with Crippen LogP contribution in [0.3, 0.4) is 0 Å². The molecule has 0 aromatic heterocycles. The van der Waals surface area contributed by atoms with Crippen molar-refractivity contribution in [2.24, 2.45) is 5.92 Å². The van der Waals surface area contributed by atoms with Crippen LogP contribution in [0.15, 0.2) is 18.2 Å². The molecule has 0 saturated carbocycles. The van der Waals surface area contributed by atoms with Crippen molar-refractivity contribution in [1.29, 1.82) is 0 Å². The number of piperazine rings is 1. The number of nitrogen functional groups attached to an aromatic ring is 2. The smallest absolute Gasteiger partial charge is 0.256 e. The molecular weight excluding hydrogens is 264 g/mol. The Morgan fingerprint density at radius 1 is 1.19 bits per heavy atom. The Kier molecular flexibility index (Phi) is 5.07. The van der Waals surface area contributed by atoms with Gasteiger partial charge in [-0.25, -0.2) is 0 Å². The van der Waals surface area contributed by atoms with Crippen LogP contribution in [0.25, 0.3) is 0 Å². The molecule has 0 spiro atoms. The molecule has 116 valence electrons. The average molecular weight is 290 g/mol. The number of nitrogens with two attached hydrogens (primary N) is 2. The highest BCUT2D eigenvalue weighted by Crippen LogP contribution is 2.18. The SMILES string of the molecule is CC(C)CCN1CCN(C(=O)c2ccc(N)cc2N)CC1. The monoisotopic (exact) mass is 290 g/mol. The van der Waals surface area contributed by atoms with Gasteiger partial charge in [-0.1, -0.05) is 13.8 Å². The van der Waals surface area contributed by atoms with E-state index in [4.69, 9.17) is 11.5 Å². The van der Waals surface area contributed by atoms with Gasteiger partial charge in [0.25, 0.3) is 5.91 Å². The van der Waals surface area contributed by atoms with E-state index < -0.39 is 0 Å². The lowest BCUT2D eigenvalue weighted by molar-refractivity contribution is 0.0633. The van der Waals surface area contributed by atoms with Crippen LogP contribution in [-0.4, -0.2) is 48.4 Å². The number of anilines is 2. The Labute approximate surface area is 126 Å². The van der Waals surface area contributed by atoms with Gasteiger partial charge >= 0.3 is 0 Å². The summed E-state index contributed by atoms with van der Waals surface area (Å²) in [5.74, 6) is 0.732. The molecule has 21 heavy (non-hydrogen) atoms. The van der Waals surface area contributed by atoms with Crippen LogP contribution in [-0.2, 0) is 0 Å². The lowest BCUT2D eigenvalue weighted by Gasteiger charge is -2.35. The first-order valence-electron chi connectivity index (χ1n) is 7.64. The first kappa shape index (κ1) is 15.6. The van der Waals surface area contributed by atoms with Gasteiger partial charge in [-0.05, 0) is 37.1 Å². The van der Waals surface area contributed by atoms with Crippen molar-refractivity contribution in [1.82, 2.24) is 9.80 Å². The van der Waals surface area contributed by atoms with Crippen LogP contribution in [0.4, 0.5) is 11.4 Å². The zero-order valence-electron chi connectivity index (χ0n) is 13.0. The quantitative estimate of drug-likeness (QED) is 0.827. The number of hydrogen-bond acceptors (Lipinski definition) is 4. The normalized spacial score (nSPS) is 16.4. The van der Waals surface area contributed by atoms with Gasteiger partial charge in [0, 0.05) is 37.6 Å². The third-order valence-corrected chi connectivity index (χ3v) is 3.99. The van der Waals surface area contributed by atoms with E-state index in [9.17, 15) is 4.79 Å². The third-order valence-electron chi connectivity index (χ3n) is 3.99. The highest BCUT2D eigenvalue weighted by Gasteiger charge is 2.23. The minimum absolute atomic E-state index is 0.0102. The molecule has 5 heteroatoms. The fourth-order valence-corrected chi connectivity index (χ4v) is 2.56. The van der Waals surface area contributed by atoms with Crippen molar-refractivity contribution in [2.75, 3.05) is 44.2 Å². The van der Waals surface area contributed by atoms with Crippen LogP contribution in [0.5, 0.6) is 0 Å². The molecule has 4 N–H and O–H groups in total. The van der Waals surface area contributed by atoms with Gasteiger partial charge in [0.1, 0.15) is 0 Å². The summed E-state index contributed by atoms with van der Waals surface area (Å²) in [6, 6.07) is 5.09. The van der Waals surface area contributed by atoms with Crippen molar-refractivity contribution in [3.05, 3.63) is 23.8 Å². The van der Waals surface area contributed by atoms with Crippen molar-refractivity contribution >= 4 is 17.3 Å². The van der Waals surface area contributed by atoms with Gasteiger partial charge in [0.2, 0.25) is 0 Å². The summed E-state index contributed by atoms with van der Waals surface area (Å²) in [7, 11) is 0. The molecule has 1 fully saturated rings. The highest BCUT2D eigenvalue weighted by atomic mass is 16.2. The summed E-state index contributed by atoms with van der Waals surface area (Å²) in [5, 5.41) is 0. The first-order valence-corrected chi connectivity index (χ1v) is 7.64. The maximum absolute atomic E-state index is 12.5. The number of rotatable bonds is 4. The Morgan fingerprint density at radius 2 is 1.86 bits per heavy atom. The summed E-state index contributed by atoms with van der Waals surface area (Å²) in [5.41, 5.74) is 13.2. The molecule has 1 saturated heterocycles. The summed E-state index contributed by atoms with van der Waals surface area (Å²) in [6.45, 7) is 9.00. The molecule has 1 aliphatic rings. The Bertz CT molecular complexity index is 493. The summed E-state index contributed by atoms with van der Waals surface area (Å²) in [6.07, 6.45) is 1.21. The van der Waals surface area contributed by atoms with Crippen molar-refractivity contribution in [2.45, 2.75) is 20.3 Å². The van der Waals surface area contributed by atoms with Gasteiger partial charge < -0.3 is 16.4 Å². The second-order valence-corrected chi connectivity index (χ2v) is 6.16. The molecule has 0 aliphatic carbocycles. The van der Waals surface area contributed by atoms with Crippen LogP contribution in [0, 0.1) is 5.92 Å². The number of amides is 1. The van der Waals surface area contributed by atoms with E-state index >= 15 is 0 Å². The van der Waals surface area contributed by atoms with E-state index in [1.807, 2.05) is 4.90 Å². The molecule has 1 aromatic carbocycles. The molecule has 1 heterocycles. The molecular formula is C16H26N4O. The number of carbonyl (C=O) groups is 1. The van der Waals surface area contributed by atoms with Crippen LogP contribution in [0.1, 0.15) is 30.6 Å². The molecule has 1 amide bonds. The van der Waals surface area contributed by atoms with Gasteiger partial charge in [-0.3, -0.25) is 9.69 Å². The van der Waals surface area contributed by atoms with Crippen molar-refractivity contribution in [3.63, 3.8) is 0 Å². The second kappa shape index (κ2) is 6.80. The predicted octanol–water partition coefficient (Wildman–Crippen LogP) is 1.65. The first-order chi connectivity index (χ1) is 9.97. The maximum Gasteiger partial charge on any atom is 0.256 e. The lowest BCUT2D eigenvalue weighted by atomic mass is 10.1. The van der Waals surface area contributed by atoms with Gasteiger partial charge in [-0.15, -0.1) is 0 Å². The standard InChI is InChI=1S/C16H26N4O/c1-12(2)5-6-19-7-9-20(10-8-19)16(21)14-4-3-13(17)11-15(14)18/h3-4,11-12H,5-10,17-18H2,1-2H3. The summed E-state index contributed by atoms with van der Waals surface area (Å²) in [4.78, 5) is 16.8. The minimum atomic E-state index is 0.0102. The van der Waals surface area contributed by atoms with E-state index in [-0.39, 0.29) is 5.91 Å². The average Bonchev–Trinajstić information content (AvgIpc) is 2.45. The summed E-state index contributed by atoms with van der Waals surface area (Å²) >= 11 is 0. The van der Waals surface area contributed by atoms with Crippen molar-refractivity contribution < 1.29 is 4.79 Å². The number of nitrogens with zero attached hydrogens (tertiary/aromatic N) is 2. The lowest BCUT2D eigenvalue weighted by Crippen LogP contribution is -2.49. The number of benzene rings is 1. The Hall–Kier alpha value is -1.75. The van der Waals surface area contributed by atoms with Crippen molar-refractivity contribution in [3.8, 4) is 0 Å². The molecule has 5 nitrogen and oxygen atoms in total. The molecule has 2 rings (SSSR count). The minimum Gasteiger partial charge on any atom is -0.399 e. The highest BCUT2D eigenvalue weighted by molar-refractivity contribution is 5.99. The Balaban J connectivity index is 1.91. The predicted molar refractivity (Wildman–Crippen MR) is 87.1 cm³/mol. The molecule has 1 aliphatic heterocycles. The Morgan fingerprint density at radius 3 is 2.43 bits per heavy atom. The van der Waals surface area contributed by atoms with Gasteiger partial charge in [0.05, 0.1) is 5.56 Å². The maximum atomic E-state index is 12.5. The van der Waals surface area contributed by atoms with Crippen LogP contribution < -0.4 is 11.5 Å². The van der Waals surface area contributed by atoms with Crippen LogP contribution in [0.2, 0.25) is 0 Å². The van der Waals surface area contributed by atoms with Gasteiger partial charge in [0.15, 0.2) is 0 Å². The molecule has 1 aromatic rings. The largest absolute Gasteiger partial charge is 0.399 e. The zero-order valence-corrected chi connectivity index (χ0v) is 13.0. The topological polar surface area (TPSA) is 75.6 Å². The fraction of sp³-hybridized carbons (Fsp3) is 0.562. The van der Waals surface area contributed by atoms with E-state index in [0.29, 0.717) is 16.9 Å². The number of hydrogen-bond donors (Lipinski definition) is 2. The van der Waals surface area contributed by atoms with E-state index in [0.717, 1.165) is 38.6 Å². The molecule has 0 atom stereocenters. The van der Waals surface area contributed by atoms with E-state index in [1.165, 1.54) is 6.42 Å². The molecule has 0 unspecified atom stereocenters. The second-order valence-electron chi connectivity index (χ2n) is 6.16. The van der Waals surface area contributed by atoms with Gasteiger partial charge in [-0.2, -0.15) is 0 Å². The van der Waals surface area contributed by atoms with E-state index in [2.05, 4.69) is 18.7 Å². The summed E-state index contributed by atoms with van der Waals surface area (Å²) < 4.78 is 0. The molecule has 0 radical (unpaired) electrons. The molecule has 0 bridgehead atoms. The third kappa shape index (κ3) is 4.11. The van der Waals surface area contributed by atoms with Crippen LogP contribution >= 0.6 is 0 Å². The number of carbonyl (C=O) groups excluding carboxylic acids is 1.